The number of carbonyl (C=O) groups excluding carboxylic acids is 1. The number of anilines is 1. The largest absolute Gasteiger partial charge is 0.361 e. The van der Waals surface area contributed by atoms with Crippen molar-refractivity contribution < 1.29 is 13.9 Å². The lowest BCUT2D eigenvalue weighted by Crippen LogP contribution is -2.38. The Morgan fingerprint density at radius 1 is 1.11 bits per heavy atom. The predicted octanol–water partition coefficient (Wildman–Crippen LogP) is 5.62. The topological polar surface area (TPSA) is 86.0 Å². The molecule has 4 aromatic rings. The van der Waals surface area contributed by atoms with Crippen LogP contribution in [0.15, 0.2) is 42.6 Å². The van der Waals surface area contributed by atoms with Crippen LogP contribution >= 0.6 is 22.6 Å². The number of pyridine rings is 1. The summed E-state index contributed by atoms with van der Waals surface area (Å²) in [6.07, 6.45) is 1.68. The zero-order valence-electron chi connectivity index (χ0n) is 22.1. The van der Waals surface area contributed by atoms with E-state index in [9.17, 15) is 9.18 Å². The molecule has 38 heavy (non-hydrogen) atoms. The molecule has 0 saturated carbocycles. The van der Waals surface area contributed by atoms with E-state index in [2.05, 4.69) is 47.2 Å². The molecule has 11 heteroatoms. The van der Waals surface area contributed by atoms with Crippen LogP contribution in [0.3, 0.4) is 0 Å². The molecule has 0 N–H and O–H groups in total. The van der Waals surface area contributed by atoms with Crippen molar-refractivity contribution in [3.8, 4) is 11.5 Å². The van der Waals surface area contributed by atoms with Gasteiger partial charge in [0.2, 0.25) is 5.91 Å². The summed E-state index contributed by atoms with van der Waals surface area (Å²) in [4.78, 5) is 29.2. The maximum absolute atomic E-state index is 14.4. The molecule has 0 saturated heterocycles. The standard InChI is InChI=1S/C27H30FIN6O2Si/c1-27(2)20-22(29)31-23(32-25(20)34(26(27)36)16-37-13-14-38(3,4)5)21-18-10-8-12-30-24(18)35(33-21)15-17-9-6-7-11-19(17)28/h6-12H,13-16H2,1-5H3. The molecule has 0 spiro atoms. The molecular formula is C27H30FIN6O2Si. The minimum Gasteiger partial charge on any atom is -0.361 e. The molecule has 0 bridgehead atoms. The molecule has 3 aromatic heterocycles. The summed E-state index contributed by atoms with van der Waals surface area (Å²) in [5.74, 6) is 0.558. The van der Waals surface area contributed by atoms with Gasteiger partial charge in [0.05, 0.1) is 17.3 Å². The van der Waals surface area contributed by atoms with E-state index in [1.807, 2.05) is 26.0 Å². The maximum atomic E-state index is 14.4. The van der Waals surface area contributed by atoms with Crippen LogP contribution in [0.2, 0.25) is 25.7 Å². The van der Waals surface area contributed by atoms with Crippen molar-refractivity contribution in [3.05, 3.63) is 63.2 Å². The average molecular weight is 645 g/mol. The van der Waals surface area contributed by atoms with Crippen LogP contribution in [0, 0.1) is 9.52 Å². The molecule has 1 aromatic carbocycles. The Morgan fingerprint density at radius 3 is 2.61 bits per heavy atom. The molecule has 198 valence electrons. The predicted molar refractivity (Wildman–Crippen MR) is 156 cm³/mol. The Hall–Kier alpha value is -2.77. The van der Waals surface area contributed by atoms with Gasteiger partial charge < -0.3 is 4.74 Å². The fourth-order valence-corrected chi connectivity index (χ4v) is 6.43. The van der Waals surface area contributed by atoms with Crippen molar-refractivity contribution >= 4 is 53.4 Å². The van der Waals surface area contributed by atoms with E-state index in [-0.39, 0.29) is 25.0 Å². The number of ether oxygens (including phenoxy) is 1. The third kappa shape index (κ3) is 4.98. The molecule has 4 heterocycles. The van der Waals surface area contributed by atoms with Gasteiger partial charge in [0, 0.05) is 32.0 Å². The van der Waals surface area contributed by atoms with Crippen molar-refractivity contribution in [3.63, 3.8) is 0 Å². The van der Waals surface area contributed by atoms with Gasteiger partial charge in [0.15, 0.2) is 11.5 Å². The van der Waals surface area contributed by atoms with Gasteiger partial charge in [-0.2, -0.15) is 5.10 Å². The second kappa shape index (κ2) is 10.1. The molecule has 1 amide bonds. The van der Waals surface area contributed by atoms with Crippen LogP contribution in [0.1, 0.15) is 25.0 Å². The summed E-state index contributed by atoms with van der Waals surface area (Å²) in [5.41, 5.74) is 1.65. The minimum absolute atomic E-state index is 0.0681. The molecule has 1 aliphatic rings. The third-order valence-electron chi connectivity index (χ3n) is 6.72. The zero-order valence-corrected chi connectivity index (χ0v) is 25.3. The molecule has 0 unspecified atom stereocenters. The van der Waals surface area contributed by atoms with Crippen LogP contribution in [-0.4, -0.2) is 52.1 Å². The molecule has 0 fully saturated rings. The number of amides is 1. The Bertz CT molecular complexity index is 1530. The van der Waals surface area contributed by atoms with Gasteiger partial charge in [-0.15, -0.1) is 0 Å². The first kappa shape index (κ1) is 26.8. The van der Waals surface area contributed by atoms with E-state index < -0.39 is 13.5 Å². The van der Waals surface area contributed by atoms with E-state index in [1.54, 1.807) is 34.0 Å². The van der Waals surface area contributed by atoms with Gasteiger partial charge in [-0.1, -0.05) is 37.8 Å². The van der Waals surface area contributed by atoms with E-state index in [0.29, 0.717) is 38.9 Å². The fourth-order valence-electron chi connectivity index (χ4n) is 4.53. The van der Waals surface area contributed by atoms with Gasteiger partial charge in [0.1, 0.15) is 27.8 Å². The van der Waals surface area contributed by atoms with Crippen molar-refractivity contribution in [2.24, 2.45) is 0 Å². The third-order valence-corrected chi connectivity index (χ3v) is 9.20. The molecule has 0 radical (unpaired) electrons. The Kier molecular flexibility index (Phi) is 7.11. The molecule has 5 rings (SSSR count). The number of rotatable bonds is 8. The van der Waals surface area contributed by atoms with E-state index in [1.165, 1.54) is 6.07 Å². The van der Waals surface area contributed by atoms with Crippen molar-refractivity contribution in [1.82, 2.24) is 24.7 Å². The Balaban J connectivity index is 1.55. The quantitative estimate of drug-likeness (QED) is 0.107. The van der Waals surface area contributed by atoms with E-state index >= 15 is 0 Å². The van der Waals surface area contributed by atoms with Gasteiger partial charge in [0.25, 0.3) is 0 Å². The highest BCUT2D eigenvalue weighted by Crippen LogP contribution is 2.43. The number of aromatic nitrogens is 5. The zero-order chi connectivity index (χ0) is 27.2. The number of benzene rings is 1. The van der Waals surface area contributed by atoms with Gasteiger partial charge in [-0.3, -0.25) is 9.69 Å². The smallest absolute Gasteiger partial charge is 0.240 e. The van der Waals surface area contributed by atoms with E-state index in [0.717, 1.165) is 17.0 Å². The minimum atomic E-state index is -1.26. The molecule has 1 aliphatic heterocycles. The number of carbonyl (C=O) groups is 1. The van der Waals surface area contributed by atoms with Crippen LogP contribution in [0.25, 0.3) is 22.6 Å². The van der Waals surface area contributed by atoms with Crippen LogP contribution in [-0.2, 0) is 21.5 Å². The lowest BCUT2D eigenvalue weighted by atomic mass is 9.88. The van der Waals surface area contributed by atoms with Gasteiger partial charge in [-0.05, 0) is 60.7 Å². The lowest BCUT2D eigenvalue weighted by molar-refractivity contribution is -0.123. The van der Waals surface area contributed by atoms with Crippen LogP contribution in [0.4, 0.5) is 10.2 Å². The number of halogens is 2. The molecular weight excluding hydrogens is 614 g/mol. The highest BCUT2D eigenvalue weighted by Gasteiger charge is 2.47. The summed E-state index contributed by atoms with van der Waals surface area (Å²) >= 11 is 2.17. The monoisotopic (exact) mass is 644 g/mol. The molecule has 0 aliphatic carbocycles. The summed E-state index contributed by atoms with van der Waals surface area (Å²) in [6.45, 7) is 11.6. The number of hydrogen-bond acceptors (Lipinski definition) is 6. The summed E-state index contributed by atoms with van der Waals surface area (Å²) in [5, 5.41) is 5.53. The summed E-state index contributed by atoms with van der Waals surface area (Å²) in [6, 6.07) is 11.4. The first-order valence-corrected chi connectivity index (χ1v) is 17.3. The molecule has 0 atom stereocenters. The van der Waals surface area contributed by atoms with Gasteiger partial charge >= 0.3 is 0 Å². The van der Waals surface area contributed by atoms with E-state index in [4.69, 9.17) is 19.8 Å². The van der Waals surface area contributed by atoms with Crippen molar-refractivity contribution in [2.45, 2.75) is 51.5 Å². The lowest BCUT2D eigenvalue weighted by Gasteiger charge is -2.21. The number of fused-ring (bicyclic) bond motifs is 2. The number of nitrogens with zero attached hydrogens (tertiary/aromatic N) is 6. The second-order valence-corrected chi connectivity index (χ2v) is 17.9. The molecule has 8 nitrogen and oxygen atoms in total. The average Bonchev–Trinajstić information content (AvgIpc) is 3.31. The first-order chi connectivity index (χ1) is 18.0. The number of hydrogen-bond donors (Lipinski definition) is 0. The van der Waals surface area contributed by atoms with Crippen LogP contribution in [0.5, 0.6) is 0 Å². The van der Waals surface area contributed by atoms with Gasteiger partial charge in [-0.25, -0.2) is 24.0 Å². The fraction of sp³-hybridized carbons (Fsp3) is 0.370. The second-order valence-electron chi connectivity index (χ2n) is 11.2. The van der Waals surface area contributed by atoms with Crippen molar-refractivity contribution in [1.29, 1.82) is 0 Å². The van der Waals surface area contributed by atoms with Crippen LogP contribution < -0.4 is 4.90 Å². The summed E-state index contributed by atoms with van der Waals surface area (Å²) in [7, 11) is -1.26. The van der Waals surface area contributed by atoms with Crippen molar-refractivity contribution in [2.75, 3.05) is 18.2 Å². The first-order valence-electron chi connectivity index (χ1n) is 12.5. The summed E-state index contributed by atoms with van der Waals surface area (Å²) < 4.78 is 22.7. The Labute approximate surface area is 235 Å². The SMILES string of the molecule is CC1(C)C(=O)N(COCC[Si](C)(C)C)c2nc(-c3nn(Cc4ccccc4F)c4ncccc34)nc(I)c21. The highest BCUT2D eigenvalue weighted by molar-refractivity contribution is 14.1. The Morgan fingerprint density at radius 2 is 1.87 bits per heavy atom. The normalized spacial score (nSPS) is 14.9. The maximum Gasteiger partial charge on any atom is 0.240 e. The highest BCUT2D eigenvalue weighted by atomic mass is 127.